The molecule has 0 aliphatic carbocycles. The number of fused-ring (bicyclic) bond motifs is 1. The normalized spacial score (nSPS) is 13.0. The fourth-order valence-electron chi connectivity index (χ4n) is 4.71. The molecule has 0 aliphatic rings. The lowest BCUT2D eigenvalue weighted by Crippen LogP contribution is -2.47. The van der Waals surface area contributed by atoms with Crippen LogP contribution in [0.25, 0.3) is 10.9 Å². The van der Waals surface area contributed by atoms with Crippen molar-refractivity contribution in [3.63, 3.8) is 0 Å². The molecule has 0 spiro atoms. The standard InChI is InChI=1S/C31H35ClF2N6O5S/c1-31(2,3)45-30(41)37-25(15-19-13-20(33)16-21(34)14-19)28(35)36-24-12-11-23(32)26-27(24)39(4)38-29(26)40(46(6,42)43)17-18-7-9-22(44-5)10-8-18/h7-14,16,25H,15,17H2,1-6H3,(H2,35,36)(H,37,41)/t25-/m0/s1. The van der Waals surface area contributed by atoms with Crippen LogP contribution in [0.3, 0.4) is 0 Å². The van der Waals surface area contributed by atoms with Crippen LogP contribution in [0.1, 0.15) is 31.9 Å². The summed E-state index contributed by atoms with van der Waals surface area (Å²) >= 11 is 6.63. The maximum absolute atomic E-state index is 14.0. The molecule has 4 rings (SSSR count). The van der Waals surface area contributed by atoms with Crippen molar-refractivity contribution in [1.82, 2.24) is 15.1 Å². The summed E-state index contributed by atoms with van der Waals surface area (Å²) in [6.45, 7) is 4.99. The van der Waals surface area contributed by atoms with E-state index < -0.39 is 39.4 Å². The van der Waals surface area contributed by atoms with Gasteiger partial charge in [0, 0.05) is 19.5 Å². The van der Waals surface area contributed by atoms with Crippen LogP contribution in [0.15, 0.2) is 59.6 Å². The van der Waals surface area contributed by atoms with Crippen molar-refractivity contribution >= 4 is 56.0 Å². The fraction of sp³-hybridized carbons (Fsp3) is 0.323. The van der Waals surface area contributed by atoms with Crippen LogP contribution in [0.2, 0.25) is 5.02 Å². The van der Waals surface area contributed by atoms with Crippen LogP contribution in [-0.2, 0) is 34.8 Å². The monoisotopic (exact) mass is 676 g/mol. The molecule has 11 nitrogen and oxygen atoms in total. The van der Waals surface area contributed by atoms with Gasteiger partial charge in [-0.2, -0.15) is 5.10 Å². The van der Waals surface area contributed by atoms with Crippen LogP contribution >= 0.6 is 11.6 Å². The molecule has 15 heteroatoms. The Labute approximate surface area is 271 Å². The second-order valence-electron chi connectivity index (χ2n) is 11.6. The van der Waals surface area contributed by atoms with Crippen LogP contribution < -0.4 is 20.1 Å². The van der Waals surface area contributed by atoms with Crippen LogP contribution in [0.4, 0.5) is 25.1 Å². The highest BCUT2D eigenvalue weighted by Gasteiger charge is 2.28. The molecule has 0 unspecified atom stereocenters. The number of sulfonamides is 1. The molecule has 0 radical (unpaired) electrons. The second-order valence-corrected chi connectivity index (χ2v) is 13.9. The Morgan fingerprint density at radius 1 is 1.11 bits per heavy atom. The number of rotatable bonds is 10. The minimum Gasteiger partial charge on any atom is -0.497 e. The largest absolute Gasteiger partial charge is 0.497 e. The minimum atomic E-state index is -3.86. The van der Waals surface area contributed by atoms with Crippen LogP contribution in [0, 0.1) is 11.6 Å². The molecule has 0 aliphatic heterocycles. The van der Waals surface area contributed by atoms with Gasteiger partial charge >= 0.3 is 6.09 Å². The first-order chi connectivity index (χ1) is 21.4. The van der Waals surface area contributed by atoms with Gasteiger partial charge in [-0.05, 0) is 68.3 Å². The quantitative estimate of drug-likeness (QED) is 0.164. The molecule has 3 N–H and O–H groups in total. The Hall–Kier alpha value is -4.43. The van der Waals surface area contributed by atoms with Gasteiger partial charge in [0.05, 0.1) is 47.6 Å². The van der Waals surface area contributed by atoms with E-state index in [4.69, 9.17) is 26.8 Å². The number of alkyl carbamates (subject to hydrolysis) is 1. The lowest BCUT2D eigenvalue weighted by atomic mass is 10.0. The highest BCUT2D eigenvalue weighted by Crippen LogP contribution is 2.39. The molecule has 46 heavy (non-hydrogen) atoms. The number of anilines is 1. The van der Waals surface area contributed by atoms with Crippen LogP contribution in [-0.4, -0.2) is 55.1 Å². The van der Waals surface area contributed by atoms with Gasteiger partial charge < -0.3 is 20.5 Å². The van der Waals surface area contributed by atoms with Gasteiger partial charge in [-0.1, -0.05) is 23.7 Å². The fourth-order valence-corrected chi connectivity index (χ4v) is 5.77. The van der Waals surface area contributed by atoms with Crippen molar-refractivity contribution < 1.29 is 31.5 Å². The Balaban J connectivity index is 1.80. The molecule has 1 amide bonds. The number of amidine groups is 1. The number of benzene rings is 3. The number of hydrogen-bond donors (Lipinski definition) is 2. The number of hydrogen-bond acceptors (Lipinski definition) is 7. The van der Waals surface area contributed by atoms with E-state index in [2.05, 4.69) is 15.4 Å². The molecule has 1 atom stereocenters. The number of nitrogens with two attached hydrogens (primary N) is 1. The zero-order chi connectivity index (χ0) is 34.0. The third-order valence-corrected chi connectivity index (χ3v) is 8.10. The molecule has 3 aromatic carbocycles. The summed E-state index contributed by atoms with van der Waals surface area (Å²) < 4.78 is 67.2. The maximum Gasteiger partial charge on any atom is 0.408 e. The summed E-state index contributed by atoms with van der Waals surface area (Å²) in [6, 6.07) is 11.9. The summed E-state index contributed by atoms with van der Waals surface area (Å²) in [7, 11) is -0.736. The smallest absolute Gasteiger partial charge is 0.408 e. The van der Waals surface area contributed by atoms with Gasteiger partial charge in [-0.25, -0.2) is 31.3 Å². The van der Waals surface area contributed by atoms with Gasteiger partial charge in [0.15, 0.2) is 5.82 Å². The molecular formula is C31H35ClF2N6O5S. The topological polar surface area (TPSA) is 141 Å². The summed E-state index contributed by atoms with van der Waals surface area (Å²) in [6.07, 6.45) is 0.118. The molecule has 1 heterocycles. The Morgan fingerprint density at radius 3 is 2.30 bits per heavy atom. The van der Waals surface area contributed by atoms with Gasteiger partial charge in [0.1, 0.15) is 28.8 Å². The Bertz CT molecular complexity index is 1870. The van der Waals surface area contributed by atoms with E-state index in [0.717, 1.165) is 28.8 Å². The average Bonchev–Trinajstić information content (AvgIpc) is 3.28. The van der Waals surface area contributed by atoms with Gasteiger partial charge in [-0.3, -0.25) is 4.68 Å². The molecule has 1 aromatic heterocycles. The molecule has 4 aromatic rings. The van der Waals surface area contributed by atoms with Gasteiger partial charge in [0.25, 0.3) is 0 Å². The van der Waals surface area contributed by atoms with Crippen LogP contribution in [0.5, 0.6) is 5.75 Å². The average molecular weight is 677 g/mol. The number of aryl methyl sites for hydroxylation is 1. The lowest BCUT2D eigenvalue weighted by Gasteiger charge is -2.23. The van der Waals surface area contributed by atoms with E-state index in [-0.39, 0.29) is 40.9 Å². The van der Waals surface area contributed by atoms with E-state index >= 15 is 0 Å². The molecule has 0 saturated heterocycles. The zero-order valence-electron chi connectivity index (χ0n) is 26.1. The number of methoxy groups -OCH3 is 1. The number of carbonyl (C=O) groups is 1. The van der Waals surface area contributed by atoms with Gasteiger partial charge in [0.2, 0.25) is 10.0 Å². The van der Waals surface area contributed by atoms with Crippen molar-refractivity contribution in [1.29, 1.82) is 0 Å². The first-order valence-electron chi connectivity index (χ1n) is 14.0. The summed E-state index contributed by atoms with van der Waals surface area (Å²) in [5.74, 6) is -1.04. The first kappa shape index (κ1) is 34.4. The molecule has 0 bridgehead atoms. The molecule has 0 fully saturated rings. The van der Waals surface area contributed by atoms with Crippen molar-refractivity contribution in [3.05, 3.63) is 82.4 Å². The van der Waals surface area contributed by atoms with Crippen molar-refractivity contribution in [2.45, 2.75) is 45.4 Å². The summed E-state index contributed by atoms with van der Waals surface area (Å²) in [5, 5.41) is 7.63. The molecule has 246 valence electrons. The van der Waals surface area contributed by atoms with E-state index in [0.29, 0.717) is 22.2 Å². The van der Waals surface area contributed by atoms with E-state index in [1.807, 2.05) is 0 Å². The van der Waals surface area contributed by atoms with Crippen molar-refractivity contribution in [2.75, 3.05) is 17.7 Å². The first-order valence-corrected chi connectivity index (χ1v) is 16.2. The highest BCUT2D eigenvalue weighted by molar-refractivity contribution is 7.92. The number of nitrogens with zero attached hydrogens (tertiary/aromatic N) is 4. The number of aromatic nitrogens is 2. The zero-order valence-corrected chi connectivity index (χ0v) is 27.7. The number of halogens is 3. The molecule has 0 saturated carbocycles. The predicted octanol–water partition coefficient (Wildman–Crippen LogP) is 5.60. The SMILES string of the molecule is COc1ccc(CN(c2nn(C)c3c(N=C(N)[C@H](Cc4cc(F)cc(F)c4)NC(=O)OC(C)(C)C)ccc(Cl)c23)S(C)(=O)=O)cc1. The second kappa shape index (κ2) is 13.5. The third kappa shape index (κ3) is 8.43. The van der Waals surface area contributed by atoms with Crippen molar-refractivity contribution in [2.24, 2.45) is 17.8 Å². The third-order valence-electron chi connectivity index (χ3n) is 6.68. The number of carbonyl (C=O) groups excluding carboxylic acids is 1. The number of amides is 1. The Kier molecular flexibility index (Phi) is 10.1. The minimum absolute atomic E-state index is 0.0486. The van der Waals surface area contributed by atoms with E-state index in [9.17, 15) is 22.0 Å². The lowest BCUT2D eigenvalue weighted by molar-refractivity contribution is 0.0517. The maximum atomic E-state index is 14.0. The summed E-state index contributed by atoms with van der Waals surface area (Å²) in [4.78, 5) is 17.3. The summed E-state index contributed by atoms with van der Waals surface area (Å²) in [5.41, 5.74) is 7.08. The van der Waals surface area contributed by atoms with Crippen molar-refractivity contribution in [3.8, 4) is 5.75 Å². The van der Waals surface area contributed by atoms with E-state index in [1.54, 1.807) is 58.2 Å². The van der Waals surface area contributed by atoms with E-state index in [1.165, 1.54) is 17.9 Å². The number of nitrogens with one attached hydrogen (secondary N) is 1. The van der Waals surface area contributed by atoms with Gasteiger partial charge in [-0.15, -0.1) is 0 Å². The highest BCUT2D eigenvalue weighted by atomic mass is 35.5. The number of ether oxygens (including phenoxy) is 2. The Morgan fingerprint density at radius 2 is 1.74 bits per heavy atom. The molecular weight excluding hydrogens is 642 g/mol. The number of aliphatic imine (C=N–C) groups is 1. The predicted molar refractivity (Wildman–Crippen MR) is 174 cm³/mol.